The minimum atomic E-state index is -0.260. The number of hydrogen-bond acceptors (Lipinski definition) is 4. The van der Waals surface area contributed by atoms with E-state index in [9.17, 15) is 4.79 Å². The van der Waals surface area contributed by atoms with Gasteiger partial charge in [-0.2, -0.15) is 5.10 Å². The van der Waals surface area contributed by atoms with Crippen molar-refractivity contribution in [3.63, 3.8) is 0 Å². The molecule has 2 aromatic rings. The summed E-state index contributed by atoms with van der Waals surface area (Å²) in [5, 5.41) is 15.7. The van der Waals surface area contributed by atoms with Crippen LogP contribution in [0, 0.1) is 6.92 Å². The number of nitrogens with zero attached hydrogens (tertiary/aromatic N) is 4. The van der Waals surface area contributed by atoms with Gasteiger partial charge in [0.25, 0.3) is 5.56 Å². The molecule has 0 amide bonds. The molecule has 0 aromatic carbocycles. The van der Waals surface area contributed by atoms with Crippen LogP contribution in [0.5, 0.6) is 0 Å². The van der Waals surface area contributed by atoms with Crippen LogP contribution >= 0.6 is 0 Å². The Morgan fingerprint density at radius 2 is 2.25 bits per heavy atom. The molecule has 7 nitrogen and oxygen atoms in total. The fourth-order valence-corrected chi connectivity index (χ4v) is 2.04. The number of aryl methyl sites for hydroxylation is 3. The van der Waals surface area contributed by atoms with Gasteiger partial charge < -0.3 is 15.5 Å². The maximum atomic E-state index is 12.3. The Morgan fingerprint density at radius 3 is 2.85 bits per heavy atom. The average Bonchev–Trinajstić information content (AvgIpc) is 2.83. The minimum Gasteiger partial charge on any atom is -0.409 e. The number of nitrogens with two attached hydrogens (primary N) is 1. The first-order valence-corrected chi connectivity index (χ1v) is 6.19. The van der Waals surface area contributed by atoms with Gasteiger partial charge >= 0.3 is 0 Å². The van der Waals surface area contributed by atoms with Gasteiger partial charge in [0, 0.05) is 25.5 Å². The molecule has 0 aliphatic heterocycles. The van der Waals surface area contributed by atoms with Crippen LogP contribution in [0.1, 0.15) is 16.8 Å². The van der Waals surface area contributed by atoms with Gasteiger partial charge in [0.2, 0.25) is 0 Å². The zero-order chi connectivity index (χ0) is 14.7. The van der Waals surface area contributed by atoms with Crippen molar-refractivity contribution >= 4 is 5.84 Å². The van der Waals surface area contributed by atoms with Crippen LogP contribution in [0.25, 0.3) is 0 Å². The largest absolute Gasteiger partial charge is 0.409 e. The van der Waals surface area contributed by atoms with Crippen molar-refractivity contribution in [2.75, 3.05) is 0 Å². The maximum absolute atomic E-state index is 12.3. The smallest absolute Gasteiger partial charge is 0.261 e. The Kier molecular flexibility index (Phi) is 3.88. The van der Waals surface area contributed by atoms with Crippen molar-refractivity contribution in [2.45, 2.75) is 19.9 Å². The van der Waals surface area contributed by atoms with Crippen LogP contribution in [0.4, 0.5) is 0 Å². The fourth-order valence-electron chi connectivity index (χ4n) is 2.04. The van der Waals surface area contributed by atoms with Crippen molar-refractivity contribution < 1.29 is 5.21 Å². The van der Waals surface area contributed by atoms with E-state index in [1.807, 2.05) is 20.2 Å². The highest BCUT2D eigenvalue weighted by Crippen LogP contribution is 2.03. The SMILES string of the molecule is Cc1ccc(/C(N)=N/O)c(=O)n1CCc1cnn(C)c1. The van der Waals surface area contributed by atoms with Crippen LogP contribution in [0.2, 0.25) is 0 Å². The summed E-state index contributed by atoms with van der Waals surface area (Å²) in [5.41, 5.74) is 7.31. The van der Waals surface area contributed by atoms with Crippen molar-refractivity contribution in [3.8, 4) is 0 Å². The number of oxime groups is 1. The van der Waals surface area contributed by atoms with Gasteiger partial charge in [0.1, 0.15) is 0 Å². The normalized spacial score (nSPS) is 11.8. The first kappa shape index (κ1) is 13.9. The molecule has 0 spiro atoms. The maximum Gasteiger partial charge on any atom is 0.261 e. The molecule has 0 atom stereocenters. The van der Waals surface area contributed by atoms with Gasteiger partial charge in [-0.05, 0) is 31.0 Å². The number of rotatable bonds is 4. The number of amidine groups is 1. The molecule has 7 heteroatoms. The Morgan fingerprint density at radius 1 is 1.50 bits per heavy atom. The second-order valence-corrected chi connectivity index (χ2v) is 4.60. The number of hydrogen-bond donors (Lipinski definition) is 2. The van der Waals surface area contributed by atoms with Gasteiger partial charge in [0.05, 0.1) is 11.8 Å². The molecule has 0 fully saturated rings. The molecule has 0 aliphatic carbocycles. The third-order valence-corrected chi connectivity index (χ3v) is 3.16. The van der Waals surface area contributed by atoms with Crippen LogP contribution in [0.3, 0.4) is 0 Å². The highest BCUT2D eigenvalue weighted by Gasteiger charge is 2.10. The first-order valence-electron chi connectivity index (χ1n) is 6.19. The third kappa shape index (κ3) is 2.71. The first-order chi connectivity index (χ1) is 9.52. The molecule has 0 bridgehead atoms. The minimum absolute atomic E-state index is 0.176. The van der Waals surface area contributed by atoms with E-state index < -0.39 is 0 Å². The lowest BCUT2D eigenvalue weighted by Crippen LogP contribution is -2.31. The second-order valence-electron chi connectivity index (χ2n) is 4.60. The summed E-state index contributed by atoms with van der Waals surface area (Å²) in [6, 6.07) is 3.34. The predicted octanol–water partition coefficient (Wildman–Crippen LogP) is 0.227. The predicted molar refractivity (Wildman–Crippen MR) is 74.9 cm³/mol. The summed E-state index contributed by atoms with van der Waals surface area (Å²) in [5.74, 6) is -0.176. The Labute approximate surface area is 115 Å². The number of pyridine rings is 1. The molecular weight excluding hydrogens is 258 g/mol. The monoisotopic (exact) mass is 275 g/mol. The van der Waals surface area contributed by atoms with Gasteiger partial charge in [-0.1, -0.05) is 5.16 Å². The Balaban J connectivity index is 2.29. The summed E-state index contributed by atoms with van der Waals surface area (Å²) in [4.78, 5) is 12.3. The third-order valence-electron chi connectivity index (χ3n) is 3.16. The Hall–Kier alpha value is -2.57. The van der Waals surface area contributed by atoms with Crippen LogP contribution in [-0.2, 0) is 20.0 Å². The molecular formula is C13H17N5O2. The molecule has 0 radical (unpaired) electrons. The summed E-state index contributed by atoms with van der Waals surface area (Å²) in [6.07, 6.45) is 4.37. The van der Waals surface area contributed by atoms with Crippen molar-refractivity contribution in [1.29, 1.82) is 0 Å². The lowest BCUT2D eigenvalue weighted by molar-refractivity contribution is 0.318. The molecule has 2 aromatic heterocycles. The van der Waals surface area contributed by atoms with Gasteiger partial charge in [0.15, 0.2) is 5.84 Å². The van der Waals surface area contributed by atoms with E-state index in [-0.39, 0.29) is 17.0 Å². The zero-order valence-corrected chi connectivity index (χ0v) is 11.4. The van der Waals surface area contributed by atoms with E-state index in [1.165, 1.54) is 0 Å². The average molecular weight is 275 g/mol. The molecule has 2 heterocycles. The molecule has 0 unspecified atom stereocenters. The summed E-state index contributed by atoms with van der Waals surface area (Å²) >= 11 is 0. The molecule has 0 saturated heterocycles. The summed E-state index contributed by atoms with van der Waals surface area (Å²) in [6.45, 7) is 2.36. The topological polar surface area (TPSA) is 98.4 Å². The van der Waals surface area contributed by atoms with Crippen molar-refractivity contribution in [3.05, 3.63) is 51.7 Å². The highest BCUT2D eigenvalue weighted by molar-refractivity contribution is 5.96. The Bertz CT molecular complexity index is 699. The molecule has 20 heavy (non-hydrogen) atoms. The number of aromatic nitrogens is 3. The summed E-state index contributed by atoms with van der Waals surface area (Å²) < 4.78 is 3.33. The van der Waals surface area contributed by atoms with Crippen LogP contribution in [0.15, 0.2) is 34.5 Å². The van der Waals surface area contributed by atoms with Crippen LogP contribution < -0.4 is 11.3 Å². The van der Waals surface area contributed by atoms with Gasteiger partial charge in [-0.3, -0.25) is 9.48 Å². The van der Waals surface area contributed by atoms with Crippen LogP contribution in [-0.4, -0.2) is 25.4 Å². The molecule has 0 saturated carbocycles. The van der Waals surface area contributed by atoms with Gasteiger partial charge in [-0.25, -0.2) is 0 Å². The molecule has 0 aliphatic rings. The second kappa shape index (κ2) is 5.60. The highest BCUT2D eigenvalue weighted by atomic mass is 16.4. The lowest BCUT2D eigenvalue weighted by Gasteiger charge is -2.10. The fraction of sp³-hybridized carbons (Fsp3) is 0.308. The van der Waals surface area contributed by atoms with Crippen molar-refractivity contribution in [1.82, 2.24) is 14.3 Å². The van der Waals surface area contributed by atoms with E-state index in [4.69, 9.17) is 10.9 Å². The lowest BCUT2D eigenvalue weighted by atomic mass is 10.2. The molecule has 106 valence electrons. The quantitative estimate of drug-likeness (QED) is 0.361. The summed E-state index contributed by atoms with van der Waals surface area (Å²) in [7, 11) is 1.85. The van der Waals surface area contributed by atoms with Gasteiger partial charge in [-0.15, -0.1) is 0 Å². The van der Waals surface area contributed by atoms with E-state index in [0.717, 1.165) is 11.3 Å². The van der Waals surface area contributed by atoms with E-state index in [0.29, 0.717) is 13.0 Å². The zero-order valence-electron chi connectivity index (χ0n) is 11.4. The van der Waals surface area contributed by atoms with E-state index in [1.54, 1.807) is 27.6 Å². The van der Waals surface area contributed by atoms with Crippen molar-refractivity contribution in [2.24, 2.45) is 17.9 Å². The molecule has 2 rings (SSSR count). The van der Waals surface area contributed by atoms with E-state index in [2.05, 4.69) is 10.3 Å². The standard InChI is InChI=1S/C13H17N5O2/c1-9-3-4-11(12(14)16-20)13(19)18(9)6-5-10-7-15-17(2)8-10/h3-4,7-8,20H,5-6H2,1-2H3,(H2,14,16). The van der Waals surface area contributed by atoms with E-state index >= 15 is 0 Å². The molecule has 3 N–H and O–H groups in total.